The molecule has 0 heterocycles. The molecule has 0 saturated carbocycles. The van der Waals surface area contributed by atoms with Gasteiger partial charge in [0.1, 0.15) is 5.69 Å². The molecule has 3 N–H and O–H groups in total. The van der Waals surface area contributed by atoms with Crippen LogP contribution in [-0.4, -0.2) is 27.3 Å². The van der Waals surface area contributed by atoms with Crippen molar-refractivity contribution in [3.63, 3.8) is 0 Å². The van der Waals surface area contributed by atoms with Crippen LogP contribution in [0.2, 0.25) is 0 Å². The lowest BCUT2D eigenvalue weighted by molar-refractivity contribution is -0.384. The van der Waals surface area contributed by atoms with Crippen LogP contribution in [-0.2, 0) is 6.61 Å². The summed E-state index contributed by atoms with van der Waals surface area (Å²) < 4.78 is 0. The first-order chi connectivity index (χ1) is 9.31. The lowest BCUT2D eigenvalue weighted by Crippen LogP contribution is -2.39. The van der Waals surface area contributed by atoms with Crippen LogP contribution in [0.5, 0.6) is 0 Å². The van der Waals surface area contributed by atoms with Crippen molar-refractivity contribution >= 4 is 11.4 Å². The topological polar surface area (TPSA) is 95.6 Å². The van der Waals surface area contributed by atoms with Crippen LogP contribution in [0.1, 0.15) is 32.8 Å². The van der Waals surface area contributed by atoms with Gasteiger partial charge in [0.15, 0.2) is 0 Å². The average Bonchev–Trinajstić information content (AvgIpc) is 2.43. The Balaban J connectivity index is 2.93. The first-order valence-electron chi connectivity index (χ1n) is 6.66. The van der Waals surface area contributed by atoms with Gasteiger partial charge in [-0.05, 0) is 30.5 Å². The maximum absolute atomic E-state index is 11.0. The van der Waals surface area contributed by atoms with Crippen LogP contribution in [0.15, 0.2) is 18.2 Å². The van der Waals surface area contributed by atoms with Gasteiger partial charge in [-0.15, -0.1) is 0 Å². The fourth-order valence-electron chi connectivity index (χ4n) is 1.87. The maximum Gasteiger partial charge on any atom is 0.292 e. The van der Waals surface area contributed by atoms with E-state index in [0.29, 0.717) is 11.3 Å². The van der Waals surface area contributed by atoms with E-state index in [-0.39, 0.29) is 24.8 Å². The largest absolute Gasteiger partial charge is 0.392 e. The summed E-state index contributed by atoms with van der Waals surface area (Å²) in [6, 6.07) is 4.40. The van der Waals surface area contributed by atoms with Crippen molar-refractivity contribution in [1.82, 2.24) is 0 Å². The third-order valence-corrected chi connectivity index (χ3v) is 3.75. The highest BCUT2D eigenvalue weighted by molar-refractivity contribution is 5.62. The van der Waals surface area contributed by atoms with Gasteiger partial charge < -0.3 is 15.5 Å². The number of nitrogens with one attached hydrogen (secondary N) is 1. The number of aliphatic hydroxyl groups excluding tert-OH is 1. The normalized spacial score (nSPS) is 15.4. The Morgan fingerprint density at radius 2 is 2.15 bits per heavy atom. The SMILES string of the molecule is CCC(C)C(C)(O)CNc1cc(CO)ccc1[N+](=O)[O-]. The standard InChI is InChI=1S/C14H22N2O4/c1-4-10(2)14(3,18)9-15-12-7-11(8-17)5-6-13(12)16(19)20/h5-7,10,15,17-18H,4,8-9H2,1-3H3. The van der Waals surface area contributed by atoms with E-state index in [4.69, 9.17) is 5.11 Å². The Morgan fingerprint density at radius 3 is 2.65 bits per heavy atom. The molecule has 0 amide bonds. The zero-order valence-electron chi connectivity index (χ0n) is 12.1. The van der Waals surface area contributed by atoms with Crippen LogP contribution < -0.4 is 5.32 Å². The number of aliphatic hydroxyl groups is 2. The smallest absolute Gasteiger partial charge is 0.292 e. The minimum absolute atomic E-state index is 0.0649. The van der Waals surface area contributed by atoms with E-state index in [1.54, 1.807) is 6.92 Å². The third-order valence-electron chi connectivity index (χ3n) is 3.75. The van der Waals surface area contributed by atoms with Crippen molar-refractivity contribution in [3.8, 4) is 0 Å². The molecule has 0 fully saturated rings. The summed E-state index contributed by atoms with van der Waals surface area (Å²) in [5.41, 5.74) is -0.133. The molecular formula is C14H22N2O4. The highest BCUT2D eigenvalue weighted by Crippen LogP contribution is 2.27. The molecule has 0 saturated heterocycles. The summed E-state index contributed by atoms with van der Waals surface area (Å²) in [5.74, 6) is 0.0649. The van der Waals surface area contributed by atoms with Crippen LogP contribution in [0.3, 0.4) is 0 Å². The van der Waals surface area contributed by atoms with Gasteiger partial charge in [0.05, 0.1) is 17.1 Å². The summed E-state index contributed by atoms with van der Waals surface area (Å²) in [4.78, 5) is 10.5. The van der Waals surface area contributed by atoms with E-state index in [2.05, 4.69) is 5.32 Å². The quantitative estimate of drug-likeness (QED) is 0.527. The monoisotopic (exact) mass is 282 g/mol. The second-order valence-corrected chi connectivity index (χ2v) is 5.29. The maximum atomic E-state index is 11.0. The fraction of sp³-hybridized carbons (Fsp3) is 0.571. The molecule has 6 heteroatoms. The first-order valence-corrected chi connectivity index (χ1v) is 6.66. The summed E-state index contributed by atoms with van der Waals surface area (Å²) in [5, 5.41) is 33.3. The predicted molar refractivity (Wildman–Crippen MR) is 77.6 cm³/mol. The van der Waals surface area contributed by atoms with Gasteiger partial charge in [-0.1, -0.05) is 20.3 Å². The molecule has 1 aromatic carbocycles. The zero-order valence-corrected chi connectivity index (χ0v) is 12.1. The van der Waals surface area contributed by atoms with Gasteiger partial charge >= 0.3 is 0 Å². The van der Waals surface area contributed by atoms with Crippen molar-refractivity contribution in [1.29, 1.82) is 0 Å². The van der Waals surface area contributed by atoms with E-state index >= 15 is 0 Å². The number of anilines is 1. The van der Waals surface area contributed by atoms with E-state index in [1.165, 1.54) is 18.2 Å². The average molecular weight is 282 g/mol. The van der Waals surface area contributed by atoms with Crippen LogP contribution in [0.25, 0.3) is 0 Å². The molecule has 2 atom stereocenters. The molecule has 2 unspecified atom stereocenters. The number of hydrogen-bond acceptors (Lipinski definition) is 5. The van der Waals surface area contributed by atoms with Crippen molar-refractivity contribution in [2.75, 3.05) is 11.9 Å². The summed E-state index contributed by atoms with van der Waals surface area (Å²) >= 11 is 0. The number of nitro benzene ring substituents is 1. The van der Waals surface area contributed by atoms with Gasteiger partial charge in [0, 0.05) is 12.6 Å². The van der Waals surface area contributed by atoms with Crippen molar-refractivity contribution in [3.05, 3.63) is 33.9 Å². The van der Waals surface area contributed by atoms with E-state index in [9.17, 15) is 15.2 Å². The number of rotatable bonds is 7. The highest BCUT2D eigenvalue weighted by Gasteiger charge is 2.27. The van der Waals surface area contributed by atoms with Crippen molar-refractivity contribution in [2.45, 2.75) is 39.4 Å². The Kier molecular flexibility index (Phi) is 5.47. The highest BCUT2D eigenvalue weighted by atomic mass is 16.6. The fourth-order valence-corrected chi connectivity index (χ4v) is 1.87. The zero-order chi connectivity index (χ0) is 15.3. The number of benzene rings is 1. The van der Waals surface area contributed by atoms with Gasteiger partial charge in [-0.3, -0.25) is 10.1 Å². The molecular weight excluding hydrogens is 260 g/mol. The molecule has 20 heavy (non-hydrogen) atoms. The number of hydrogen-bond donors (Lipinski definition) is 3. The lowest BCUT2D eigenvalue weighted by Gasteiger charge is -2.30. The molecule has 0 aliphatic rings. The second kappa shape index (κ2) is 6.67. The van der Waals surface area contributed by atoms with Crippen LogP contribution >= 0.6 is 0 Å². The molecule has 6 nitrogen and oxygen atoms in total. The Labute approximate surface area is 118 Å². The molecule has 0 spiro atoms. The first kappa shape index (κ1) is 16.4. The molecule has 0 aromatic heterocycles. The minimum Gasteiger partial charge on any atom is -0.392 e. The molecule has 0 aliphatic carbocycles. The molecule has 1 aromatic rings. The van der Waals surface area contributed by atoms with E-state index < -0.39 is 10.5 Å². The van der Waals surface area contributed by atoms with E-state index in [1.807, 2.05) is 13.8 Å². The summed E-state index contributed by atoms with van der Waals surface area (Å²) in [6.45, 7) is 5.64. The van der Waals surface area contributed by atoms with Gasteiger partial charge in [-0.2, -0.15) is 0 Å². The molecule has 112 valence electrons. The van der Waals surface area contributed by atoms with E-state index in [0.717, 1.165) is 6.42 Å². The Morgan fingerprint density at radius 1 is 1.50 bits per heavy atom. The van der Waals surface area contributed by atoms with Gasteiger partial charge in [0.2, 0.25) is 0 Å². The summed E-state index contributed by atoms with van der Waals surface area (Å²) in [6.07, 6.45) is 0.813. The minimum atomic E-state index is -0.960. The van der Waals surface area contributed by atoms with Crippen molar-refractivity contribution in [2.24, 2.45) is 5.92 Å². The Bertz CT molecular complexity index is 474. The summed E-state index contributed by atoms with van der Waals surface area (Å²) in [7, 11) is 0. The van der Waals surface area contributed by atoms with Gasteiger partial charge in [0.25, 0.3) is 5.69 Å². The molecule has 1 rings (SSSR count). The number of nitrogens with zero attached hydrogens (tertiary/aromatic N) is 1. The molecule has 0 radical (unpaired) electrons. The predicted octanol–water partition coefficient (Wildman–Crippen LogP) is 2.30. The lowest BCUT2D eigenvalue weighted by atomic mass is 9.88. The Hall–Kier alpha value is -1.66. The van der Waals surface area contributed by atoms with Crippen LogP contribution in [0, 0.1) is 16.0 Å². The second-order valence-electron chi connectivity index (χ2n) is 5.29. The molecule has 0 aliphatic heterocycles. The van der Waals surface area contributed by atoms with Crippen molar-refractivity contribution < 1.29 is 15.1 Å². The molecule has 0 bridgehead atoms. The van der Waals surface area contributed by atoms with Crippen LogP contribution in [0.4, 0.5) is 11.4 Å². The van der Waals surface area contributed by atoms with Gasteiger partial charge in [-0.25, -0.2) is 0 Å². The number of nitro groups is 1. The third kappa shape index (κ3) is 3.91.